The molecule has 3 rings (SSSR count). The quantitative estimate of drug-likeness (QED) is 0.834. The Hall–Kier alpha value is -0.470. The molecule has 1 saturated carbocycles. The van der Waals surface area contributed by atoms with Crippen molar-refractivity contribution in [2.75, 3.05) is 13.2 Å². The molecule has 5 nitrogen and oxygen atoms in total. The second-order valence-electron chi connectivity index (χ2n) is 5.37. The van der Waals surface area contributed by atoms with Gasteiger partial charge in [0.1, 0.15) is 0 Å². The van der Waals surface area contributed by atoms with Crippen LogP contribution in [0.4, 0.5) is 0 Å². The minimum atomic E-state index is -3.41. The highest BCUT2D eigenvalue weighted by Crippen LogP contribution is 2.25. The molecule has 1 saturated heterocycles. The van der Waals surface area contributed by atoms with Crippen molar-refractivity contribution in [3.8, 4) is 0 Å². The van der Waals surface area contributed by atoms with Gasteiger partial charge in [0.25, 0.3) is 0 Å². The van der Waals surface area contributed by atoms with E-state index < -0.39 is 10.0 Å². The molecule has 0 aromatic carbocycles. The number of rotatable bonds is 6. The topological polar surface area (TPSA) is 67.4 Å². The lowest BCUT2D eigenvalue weighted by Crippen LogP contribution is -2.39. The van der Waals surface area contributed by atoms with Crippen molar-refractivity contribution in [3.05, 3.63) is 16.3 Å². The maximum absolute atomic E-state index is 12.5. The summed E-state index contributed by atoms with van der Waals surface area (Å²) in [5, 5.41) is 5.22. The van der Waals surface area contributed by atoms with E-state index in [1.807, 2.05) is 5.38 Å². The van der Waals surface area contributed by atoms with E-state index >= 15 is 0 Å². The van der Waals surface area contributed by atoms with Crippen molar-refractivity contribution >= 4 is 21.4 Å². The molecule has 1 aromatic rings. The fourth-order valence-electron chi connectivity index (χ4n) is 2.32. The van der Waals surface area contributed by atoms with Crippen LogP contribution in [0.2, 0.25) is 0 Å². The highest BCUT2D eigenvalue weighted by Gasteiger charge is 2.26. The predicted octanol–water partition coefficient (Wildman–Crippen LogP) is 1.46. The molecular weight excluding hydrogens is 296 g/mol. The Morgan fingerprint density at radius 3 is 2.65 bits per heavy atom. The van der Waals surface area contributed by atoms with Crippen molar-refractivity contribution in [1.29, 1.82) is 0 Å². The van der Waals surface area contributed by atoms with Gasteiger partial charge in [0, 0.05) is 36.7 Å². The van der Waals surface area contributed by atoms with Gasteiger partial charge in [-0.1, -0.05) is 0 Å². The van der Waals surface area contributed by atoms with Crippen LogP contribution in [-0.4, -0.2) is 33.7 Å². The molecule has 2 fully saturated rings. The van der Waals surface area contributed by atoms with Crippen molar-refractivity contribution in [1.82, 2.24) is 10.0 Å². The Balaban J connectivity index is 1.67. The molecule has 0 amide bonds. The largest absolute Gasteiger partial charge is 0.381 e. The summed E-state index contributed by atoms with van der Waals surface area (Å²) in [6, 6.07) is 2.28. The van der Waals surface area contributed by atoms with Crippen molar-refractivity contribution in [3.63, 3.8) is 0 Å². The summed E-state index contributed by atoms with van der Waals surface area (Å²) in [4.78, 5) is 1.33. The van der Waals surface area contributed by atoms with Crippen LogP contribution in [0.15, 0.2) is 16.3 Å². The monoisotopic (exact) mass is 316 g/mol. The summed E-state index contributed by atoms with van der Waals surface area (Å²) in [6.07, 6.45) is 3.90. The van der Waals surface area contributed by atoms with Crippen LogP contribution in [-0.2, 0) is 21.3 Å². The molecule has 112 valence electrons. The number of sulfonamides is 1. The average molecular weight is 316 g/mol. The summed E-state index contributed by atoms with van der Waals surface area (Å²) in [7, 11) is -3.41. The van der Waals surface area contributed by atoms with Crippen LogP contribution in [0.1, 0.15) is 30.6 Å². The van der Waals surface area contributed by atoms with Gasteiger partial charge in [-0.25, -0.2) is 13.1 Å². The van der Waals surface area contributed by atoms with E-state index in [9.17, 15) is 8.42 Å². The lowest BCUT2D eigenvalue weighted by Gasteiger charge is -2.23. The second kappa shape index (κ2) is 6.11. The third-order valence-corrected chi connectivity index (χ3v) is 6.32. The first-order chi connectivity index (χ1) is 9.65. The second-order valence-corrected chi connectivity index (χ2v) is 8.05. The summed E-state index contributed by atoms with van der Waals surface area (Å²) in [5.74, 6) is 0. The molecule has 0 atom stereocenters. The van der Waals surface area contributed by atoms with Crippen LogP contribution in [0.5, 0.6) is 0 Å². The highest BCUT2D eigenvalue weighted by atomic mass is 32.2. The summed E-state index contributed by atoms with van der Waals surface area (Å²) in [6.45, 7) is 1.91. The van der Waals surface area contributed by atoms with E-state index in [4.69, 9.17) is 4.74 Å². The molecule has 1 aromatic heterocycles. The Morgan fingerprint density at radius 1 is 1.20 bits per heavy atom. The zero-order chi connectivity index (χ0) is 14.0. The van der Waals surface area contributed by atoms with Gasteiger partial charge in [0.15, 0.2) is 0 Å². The van der Waals surface area contributed by atoms with E-state index in [2.05, 4.69) is 10.0 Å². The number of thiophene rings is 1. The smallest absolute Gasteiger partial charge is 0.241 e. The van der Waals surface area contributed by atoms with Crippen LogP contribution in [0.3, 0.4) is 0 Å². The van der Waals surface area contributed by atoms with Gasteiger partial charge < -0.3 is 10.1 Å². The van der Waals surface area contributed by atoms with Crippen LogP contribution in [0.25, 0.3) is 0 Å². The van der Waals surface area contributed by atoms with Gasteiger partial charge in [0.05, 0.1) is 4.90 Å². The summed E-state index contributed by atoms with van der Waals surface area (Å²) in [5.41, 5.74) is 0. The maximum atomic E-state index is 12.5. The van der Waals surface area contributed by atoms with Gasteiger partial charge in [0.2, 0.25) is 10.0 Å². The molecule has 1 aliphatic carbocycles. The van der Waals surface area contributed by atoms with E-state index in [-0.39, 0.29) is 6.04 Å². The first-order valence-corrected chi connectivity index (χ1v) is 9.41. The van der Waals surface area contributed by atoms with Crippen molar-refractivity contribution < 1.29 is 13.2 Å². The number of hydrogen-bond acceptors (Lipinski definition) is 5. The molecule has 0 spiro atoms. The molecule has 2 heterocycles. The minimum Gasteiger partial charge on any atom is -0.381 e. The normalized spacial score (nSPS) is 21.2. The Kier molecular flexibility index (Phi) is 4.42. The molecule has 0 unspecified atom stereocenters. The van der Waals surface area contributed by atoms with Gasteiger partial charge in [-0.2, -0.15) is 0 Å². The molecule has 0 radical (unpaired) electrons. The lowest BCUT2D eigenvalue weighted by molar-refractivity contribution is 0.0832. The number of nitrogens with one attached hydrogen (secondary N) is 2. The van der Waals surface area contributed by atoms with Gasteiger partial charge >= 0.3 is 0 Å². The number of hydrogen-bond donors (Lipinski definition) is 2. The fourth-order valence-corrected chi connectivity index (χ4v) is 5.02. The third kappa shape index (κ3) is 3.59. The van der Waals surface area contributed by atoms with Crippen LogP contribution in [0, 0.1) is 0 Å². The molecule has 2 N–H and O–H groups in total. The standard InChI is InChI=1S/C13H20N2O3S2/c16-20(17,15-11-3-6-18-7-4-11)13-5-8-19-12(13)9-14-10-1-2-10/h5,8,10-11,14-15H,1-4,6-7,9H2. The molecule has 0 bridgehead atoms. The fraction of sp³-hybridized carbons (Fsp3) is 0.692. The van der Waals surface area contributed by atoms with E-state index in [0.717, 1.165) is 17.7 Å². The van der Waals surface area contributed by atoms with Gasteiger partial charge in [-0.05, 0) is 37.1 Å². The van der Waals surface area contributed by atoms with Crippen LogP contribution >= 0.6 is 11.3 Å². The number of ether oxygens (including phenoxy) is 1. The highest BCUT2D eigenvalue weighted by molar-refractivity contribution is 7.89. The maximum Gasteiger partial charge on any atom is 0.241 e. The molecule has 2 aliphatic rings. The Bertz CT molecular complexity index is 546. The van der Waals surface area contributed by atoms with Gasteiger partial charge in [-0.3, -0.25) is 0 Å². The molecular formula is C13H20N2O3S2. The SMILES string of the molecule is O=S(=O)(NC1CCOCC1)c1ccsc1CNC1CC1. The third-order valence-electron chi connectivity index (χ3n) is 3.67. The van der Waals surface area contributed by atoms with Crippen molar-refractivity contribution in [2.24, 2.45) is 0 Å². The molecule has 20 heavy (non-hydrogen) atoms. The molecule has 7 heteroatoms. The summed E-state index contributed by atoms with van der Waals surface area (Å²) >= 11 is 1.50. The average Bonchev–Trinajstić information content (AvgIpc) is 3.13. The minimum absolute atomic E-state index is 0.00195. The zero-order valence-corrected chi connectivity index (χ0v) is 12.9. The van der Waals surface area contributed by atoms with Gasteiger partial charge in [-0.15, -0.1) is 11.3 Å². The molecule has 1 aliphatic heterocycles. The predicted molar refractivity (Wildman–Crippen MR) is 78.3 cm³/mol. The van der Waals surface area contributed by atoms with Crippen molar-refractivity contribution in [2.45, 2.75) is 49.2 Å². The zero-order valence-electron chi connectivity index (χ0n) is 11.3. The summed E-state index contributed by atoms with van der Waals surface area (Å²) < 4.78 is 33.0. The van der Waals surface area contributed by atoms with E-state index in [1.165, 1.54) is 24.2 Å². The van der Waals surface area contributed by atoms with E-state index in [0.29, 0.717) is 30.7 Å². The van der Waals surface area contributed by atoms with E-state index in [1.54, 1.807) is 6.07 Å². The first kappa shape index (κ1) is 14.5. The lowest BCUT2D eigenvalue weighted by atomic mass is 10.1. The van der Waals surface area contributed by atoms with Crippen LogP contribution < -0.4 is 10.0 Å². The Labute approximate surface area is 123 Å². The first-order valence-electron chi connectivity index (χ1n) is 7.05. The Morgan fingerprint density at radius 2 is 1.95 bits per heavy atom.